The molecule has 2 aromatic carbocycles. The quantitative estimate of drug-likeness (QED) is 0.377. The summed E-state index contributed by atoms with van der Waals surface area (Å²) in [5.41, 5.74) is 3.31. The second kappa shape index (κ2) is 8.11. The zero-order valence-corrected chi connectivity index (χ0v) is 17.8. The summed E-state index contributed by atoms with van der Waals surface area (Å²) in [7, 11) is 0. The van der Waals surface area contributed by atoms with Gasteiger partial charge < -0.3 is 4.42 Å². The van der Waals surface area contributed by atoms with E-state index in [9.17, 15) is 19.2 Å². The van der Waals surface area contributed by atoms with E-state index in [1.54, 1.807) is 54.6 Å². The van der Waals surface area contributed by atoms with Gasteiger partial charge in [-0.25, -0.2) is 9.69 Å². The van der Waals surface area contributed by atoms with Crippen molar-refractivity contribution in [2.24, 2.45) is 0 Å². The molecule has 4 rings (SSSR count). The molecular formula is C25H20N2O5. The summed E-state index contributed by atoms with van der Waals surface area (Å²) in [6.07, 6.45) is 1.30. The van der Waals surface area contributed by atoms with Crippen molar-refractivity contribution in [3.8, 4) is 11.3 Å². The Morgan fingerprint density at radius 3 is 2.47 bits per heavy atom. The number of carbonyl (C=O) groups is 4. The third-order valence-electron chi connectivity index (χ3n) is 5.32. The zero-order valence-electron chi connectivity index (χ0n) is 17.8. The average molecular weight is 428 g/mol. The van der Waals surface area contributed by atoms with E-state index >= 15 is 0 Å². The number of imide groups is 2. The van der Waals surface area contributed by atoms with Gasteiger partial charge in [-0.1, -0.05) is 24.3 Å². The molecule has 0 unspecified atom stereocenters. The molecule has 160 valence electrons. The summed E-state index contributed by atoms with van der Waals surface area (Å²) >= 11 is 0. The van der Waals surface area contributed by atoms with Gasteiger partial charge in [-0.3, -0.25) is 19.7 Å². The van der Waals surface area contributed by atoms with Gasteiger partial charge in [-0.2, -0.15) is 0 Å². The van der Waals surface area contributed by atoms with Crippen LogP contribution in [0.25, 0.3) is 17.4 Å². The van der Waals surface area contributed by atoms with E-state index in [-0.39, 0.29) is 17.1 Å². The van der Waals surface area contributed by atoms with Crippen LogP contribution in [0.4, 0.5) is 10.5 Å². The van der Waals surface area contributed by atoms with E-state index in [1.165, 1.54) is 13.0 Å². The van der Waals surface area contributed by atoms with Crippen molar-refractivity contribution in [2.75, 3.05) is 4.90 Å². The van der Waals surface area contributed by atoms with Crippen LogP contribution >= 0.6 is 0 Å². The van der Waals surface area contributed by atoms with Gasteiger partial charge in [-0.15, -0.1) is 0 Å². The molecule has 4 amide bonds. The standard InChI is InChI=1S/C25H20N2O5/c1-14-7-8-19(11-15(14)2)27-24(30)21(23(29)26-25(27)31)13-20-9-10-22(32-20)18-6-4-5-17(12-18)16(3)28/h4-13H,1-3H3,(H,26,29,31)/b21-13+. The summed E-state index contributed by atoms with van der Waals surface area (Å²) in [6, 6.07) is 14.6. The number of furan rings is 1. The number of urea groups is 1. The van der Waals surface area contributed by atoms with Crippen LogP contribution < -0.4 is 10.2 Å². The van der Waals surface area contributed by atoms with Gasteiger partial charge >= 0.3 is 6.03 Å². The third-order valence-corrected chi connectivity index (χ3v) is 5.32. The number of barbiturate groups is 1. The molecule has 0 atom stereocenters. The first-order valence-corrected chi connectivity index (χ1v) is 9.94. The minimum absolute atomic E-state index is 0.0682. The van der Waals surface area contributed by atoms with Crippen molar-refractivity contribution in [3.63, 3.8) is 0 Å². The smallest absolute Gasteiger partial charge is 0.335 e. The number of nitrogens with zero attached hydrogens (tertiary/aromatic N) is 1. The Morgan fingerprint density at radius 2 is 1.75 bits per heavy atom. The molecular weight excluding hydrogens is 408 g/mol. The van der Waals surface area contributed by atoms with E-state index in [2.05, 4.69) is 5.32 Å². The molecule has 1 aliphatic heterocycles. The first-order valence-electron chi connectivity index (χ1n) is 9.94. The van der Waals surface area contributed by atoms with E-state index in [1.807, 2.05) is 13.8 Å². The number of aryl methyl sites for hydroxylation is 2. The monoisotopic (exact) mass is 428 g/mol. The van der Waals surface area contributed by atoms with Gasteiger partial charge in [0.15, 0.2) is 5.78 Å². The highest BCUT2D eigenvalue weighted by Crippen LogP contribution is 2.27. The summed E-state index contributed by atoms with van der Waals surface area (Å²) in [6.45, 7) is 5.28. The van der Waals surface area contributed by atoms with E-state index in [4.69, 9.17) is 4.42 Å². The Labute approximate surface area is 184 Å². The van der Waals surface area contributed by atoms with Gasteiger partial charge in [0.05, 0.1) is 5.69 Å². The predicted octanol–water partition coefficient (Wildman–Crippen LogP) is 4.43. The molecule has 1 saturated heterocycles. The second-order valence-corrected chi connectivity index (χ2v) is 7.57. The number of carbonyl (C=O) groups excluding carboxylic acids is 4. The summed E-state index contributed by atoms with van der Waals surface area (Å²) in [5.74, 6) is -0.858. The van der Waals surface area contributed by atoms with Gasteiger partial charge in [0, 0.05) is 11.1 Å². The fourth-order valence-electron chi connectivity index (χ4n) is 3.38. The lowest BCUT2D eigenvalue weighted by molar-refractivity contribution is -0.122. The Morgan fingerprint density at radius 1 is 0.969 bits per heavy atom. The van der Waals surface area contributed by atoms with Crippen LogP contribution in [0.3, 0.4) is 0 Å². The first-order chi connectivity index (χ1) is 15.2. The van der Waals surface area contributed by atoms with E-state index in [0.29, 0.717) is 22.6 Å². The number of rotatable bonds is 4. The lowest BCUT2D eigenvalue weighted by Gasteiger charge is -2.26. The van der Waals surface area contributed by atoms with Crippen LogP contribution in [0.2, 0.25) is 0 Å². The number of Topliss-reactive ketones (excluding diaryl/α,β-unsaturated/α-hetero) is 1. The van der Waals surface area contributed by atoms with Crippen molar-refractivity contribution in [1.82, 2.24) is 5.32 Å². The molecule has 32 heavy (non-hydrogen) atoms. The maximum Gasteiger partial charge on any atom is 0.335 e. The highest BCUT2D eigenvalue weighted by atomic mass is 16.3. The predicted molar refractivity (Wildman–Crippen MR) is 119 cm³/mol. The van der Waals surface area contributed by atoms with E-state index in [0.717, 1.165) is 16.0 Å². The third kappa shape index (κ3) is 3.88. The van der Waals surface area contributed by atoms with Crippen molar-refractivity contribution in [3.05, 3.63) is 82.6 Å². The molecule has 1 N–H and O–H groups in total. The number of nitrogens with one attached hydrogen (secondary N) is 1. The van der Waals surface area contributed by atoms with Crippen molar-refractivity contribution in [2.45, 2.75) is 20.8 Å². The summed E-state index contributed by atoms with van der Waals surface area (Å²) in [4.78, 5) is 50.4. The maximum absolute atomic E-state index is 13.0. The fraction of sp³-hybridized carbons (Fsp3) is 0.120. The minimum atomic E-state index is -0.804. The lowest BCUT2D eigenvalue weighted by Crippen LogP contribution is -2.54. The summed E-state index contributed by atoms with van der Waals surface area (Å²) in [5, 5.41) is 2.20. The highest BCUT2D eigenvalue weighted by molar-refractivity contribution is 6.39. The fourth-order valence-corrected chi connectivity index (χ4v) is 3.38. The molecule has 1 aromatic heterocycles. The van der Waals surface area contributed by atoms with Crippen LogP contribution in [-0.2, 0) is 9.59 Å². The lowest BCUT2D eigenvalue weighted by atomic mass is 10.1. The molecule has 2 heterocycles. The topological polar surface area (TPSA) is 96.7 Å². The van der Waals surface area contributed by atoms with Crippen LogP contribution in [-0.4, -0.2) is 23.6 Å². The Balaban J connectivity index is 1.67. The molecule has 1 aliphatic rings. The highest BCUT2D eigenvalue weighted by Gasteiger charge is 2.37. The maximum atomic E-state index is 13.0. The van der Waals surface area contributed by atoms with Crippen LogP contribution in [0, 0.1) is 13.8 Å². The number of hydrogen-bond acceptors (Lipinski definition) is 5. The number of ketones is 1. The number of amides is 4. The number of hydrogen-bond donors (Lipinski definition) is 1. The van der Waals surface area contributed by atoms with Gasteiger partial charge in [0.2, 0.25) is 0 Å². The molecule has 1 fully saturated rings. The normalized spacial score (nSPS) is 15.3. The molecule has 0 bridgehead atoms. The Bertz CT molecular complexity index is 1320. The van der Waals surface area contributed by atoms with Crippen molar-refractivity contribution < 1.29 is 23.6 Å². The van der Waals surface area contributed by atoms with E-state index < -0.39 is 17.8 Å². The molecule has 3 aromatic rings. The summed E-state index contributed by atoms with van der Waals surface area (Å²) < 4.78 is 5.78. The number of benzene rings is 2. The van der Waals surface area contributed by atoms with Crippen molar-refractivity contribution in [1.29, 1.82) is 0 Å². The molecule has 0 aliphatic carbocycles. The van der Waals surface area contributed by atoms with Crippen LogP contribution in [0.5, 0.6) is 0 Å². The van der Waals surface area contributed by atoms with Crippen molar-refractivity contribution >= 4 is 35.4 Å². The average Bonchev–Trinajstić information content (AvgIpc) is 3.22. The SMILES string of the molecule is CC(=O)c1cccc(-c2ccc(/C=C3\C(=O)NC(=O)N(c4ccc(C)c(C)c4)C3=O)o2)c1. The van der Waals surface area contributed by atoms with Crippen LogP contribution in [0.1, 0.15) is 34.2 Å². The zero-order chi connectivity index (χ0) is 23.0. The minimum Gasteiger partial charge on any atom is -0.457 e. The molecule has 7 nitrogen and oxygen atoms in total. The Kier molecular flexibility index (Phi) is 5.32. The van der Waals surface area contributed by atoms with Gasteiger partial charge in [0.1, 0.15) is 17.1 Å². The first kappa shape index (κ1) is 21.0. The molecule has 0 radical (unpaired) electrons. The second-order valence-electron chi connectivity index (χ2n) is 7.57. The Hall–Kier alpha value is -4.26. The molecule has 7 heteroatoms. The number of anilines is 1. The van der Waals surface area contributed by atoms with Gasteiger partial charge in [0.25, 0.3) is 11.8 Å². The van der Waals surface area contributed by atoms with Crippen LogP contribution in [0.15, 0.2) is 64.6 Å². The largest absolute Gasteiger partial charge is 0.457 e. The molecule has 0 saturated carbocycles. The molecule has 0 spiro atoms. The van der Waals surface area contributed by atoms with Gasteiger partial charge in [-0.05, 0) is 68.3 Å².